The summed E-state index contributed by atoms with van der Waals surface area (Å²) in [6.45, 7) is 0.651. The zero-order valence-electron chi connectivity index (χ0n) is 9.80. The van der Waals surface area contributed by atoms with E-state index in [1.54, 1.807) is 18.0 Å². The van der Waals surface area contributed by atoms with Crippen molar-refractivity contribution in [2.75, 3.05) is 18.2 Å². The minimum Gasteiger partial charge on any atom is -0.354 e. The molecule has 1 aliphatic rings. The molecule has 0 bridgehead atoms. The van der Waals surface area contributed by atoms with Crippen molar-refractivity contribution in [2.24, 2.45) is 0 Å². The van der Waals surface area contributed by atoms with Gasteiger partial charge in [0.05, 0.1) is 6.04 Å². The molecule has 102 valence electrons. The standard InChI is InChI=1S/C11H15N3OS.2ClH/c15-11(10-7-16-8-14-10)13-6-4-9-3-1-2-5-12-9;;/h1-3,5,10,14H,4,6-8H2,(H,13,15);2*1H. The fourth-order valence-electron chi connectivity index (χ4n) is 1.55. The van der Waals surface area contributed by atoms with Crippen LogP contribution in [-0.4, -0.2) is 35.1 Å². The molecule has 0 saturated carbocycles. The van der Waals surface area contributed by atoms with Gasteiger partial charge in [-0.25, -0.2) is 0 Å². The van der Waals surface area contributed by atoms with Crippen molar-refractivity contribution in [3.8, 4) is 0 Å². The predicted molar refractivity (Wildman–Crippen MR) is 79.7 cm³/mol. The maximum Gasteiger partial charge on any atom is 0.238 e. The van der Waals surface area contributed by atoms with Crippen LogP contribution in [0.15, 0.2) is 24.4 Å². The minimum absolute atomic E-state index is 0. The van der Waals surface area contributed by atoms with Gasteiger partial charge in [0, 0.05) is 36.5 Å². The molecule has 7 heteroatoms. The first-order chi connectivity index (χ1) is 7.86. The second-order valence-electron chi connectivity index (χ2n) is 3.63. The van der Waals surface area contributed by atoms with Crippen molar-refractivity contribution in [3.05, 3.63) is 30.1 Å². The van der Waals surface area contributed by atoms with Crippen LogP contribution in [-0.2, 0) is 11.2 Å². The lowest BCUT2D eigenvalue weighted by atomic mass is 10.2. The molecule has 1 aromatic rings. The van der Waals surface area contributed by atoms with Gasteiger partial charge >= 0.3 is 0 Å². The number of nitrogens with zero attached hydrogens (tertiary/aromatic N) is 1. The summed E-state index contributed by atoms with van der Waals surface area (Å²) in [7, 11) is 0. The lowest BCUT2D eigenvalue weighted by Crippen LogP contribution is -2.42. The first kappa shape index (κ1) is 17.5. The van der Waals surface area contributed by atoms with Gasteiger partial charge < -0.3 is 5.32 Å². The predicted octanol–water partition coefficient (Wildman–Crippen LogP) is 1.25. The van der Waals surface area contributed by atoms with Gasteiger partial charge in [0.1, 0.15) is 0 Å². The van der Waals surface area contributed by atoms with Crippen molar-refractivity contribution in [1.82, 2.24) is 15.6 Å². The highest BCUT2D eigenvalue weighted by molar-refractivity contribution is 7.99. The molecular formula is C11H17Cl2N3OS. The third-order valence-corrected chi connectivity index (χ3v) is 3.38. The number of hydrogen-bond donors (Lipinski definition) is 2. The van der Waals surface area contributed by atoms with Crippen molar-refractivity contribution in [2.45, 2.75) is 12.5 Å². The summed E-state index contributed by atoms with van der Waals surface area (Å²) in [6, 6.07) is 5.80. The Kier molecular flexibility index (Phi) is 9.18. The fourth-order valence-corrected chi connectivity index (χ4v) is 2.49. The molecule has 18 heavy (non-hydrogen) atoms. The number of nitrogens with one attached hydrogen (secondary N) is 2. The van der Waals surface area contributed by atoms with Crippen LogP contribution in [0.1, 0.15) is 5.69 Å². The molecule has 0 radical (unpaired) electrons. The number of aromatic nitrogens is 1. The highest BCUT2D eigenvalue weighted by atomic mass is 35.5. The van der Waals surface area contributed by atoms with Crippen molar-refractivity contribution >= 4 is 42.5 Å². The highest BCUT2D eigenvalue weighted by Gasteiger charge is 2.21. The fraction of sp³-hybridized carbons (Fsp3) is 0.455. The van der Waals surface area contributed by atoms with E-state index in [2.05, 4.69) is 15.6 Å². The Hall–Kier alpha value is -0.490. The first-order valence-corrected chi connectivity index (χ1v) is 6.50. The van der Waals surface area contributed by atoms with E-state index >= 15 is 0 Å². The lowest BCUT2D eigenvalue weighted by molar-refractivity contribution is -0.122. The first-order valence-electron chi connectivity index (χ1n) is 5.35. The Balaban J connectivity index is 0.00000144. The third-order valence-electron chi connectivity index (χ3n) is 2.44. The number of pyridine rings is 1. The average Bonchev–Trinajstić information content (AvgIpc) is 2.84. The summed E-state index contributed by atoms with van der Waals surface area (Å²) in [6.07, 6.45) is 2.55. The van der Waals surface area contributed by atoms with E-state index in [0.29, 0.717) is 6.54 Å². The van der Waals surface area contributed by atoms with Crippen LogP contribution in [0.4, 0.5) is 0 Å². The van der Waals surface area contributed by atoms with E-state index in [0.717, 1.165) is 23.7 Å². The molecule has 0 spiro atoms. The third kappa shape index (κ3) is 5.44. The van der Waals surface area contributed by atoms with Gasteiger partial charge in [0.25, 0.3) is 0 Å². The van der Waals surface area contributed by atoms with Gasteiger partial charge in [-0.05, 0) is 12.1 Å². The molecule has 0 aromatic carbocycles. The molecule has 4 nitrogen and oxygen atoms in total. The topological polar surface area (TPSA) is 54.0 Å². The van der Waals surface area contributed by atoms with Crippen LogP contribution in [0.2, 0.25) is 0 Å². The van der Waals surface area contributed by atoms with Crippen LogP contribution in [0, 0.1) is 0 Å². The quantitative estimate of drug-likeness (QED) is 0.879. The Morgan fingerprint density at radius 2 is 2.33 bits per heavy atom. The normalized spacial score (nSPS) is 17.4. The summed E-state index contributed by atoms with van der Waals surface area (Å²) in [5.74, 6) is 1.84. The Morgan fingerprint density at radius 3 is 2.94 bits per heavy atom. The smallest absolute Gasteiger partial charge is 0.238 e. The molecule has 0 aliphatic carbocycles. The van der Waals surface area contributed by atoms with E-state index in [-0.39, 0.29) is 36.8 Å². The van der Waals surface area contributed by atoms with Crippen LogP contribution in [0.25, 0.3) is 0 Å². The van der Waals surface area contributed by atoms with Gasteiger partial charge in [0.2, 0.25) is 5.91 Å². The van der Waals surface area contributed by atoms with Crippen LogP contribution in [0.5, 0.6) is 0 Å². The molecule has 1 unspecified atom stereocenters. The zero-order valence-corrected chi connectivity index (χ0v) is 12.2. The molecule has 1 saturated heterocycles. The Bertz CT molecular complexity index is 347. The lowest BCUT2D eigenvalue weighted by Gasteiger charge is -2.09. The number of halogens is 2. The summed E-state index contributed by atoms with van der Waals surface area (Å²) in [4.78, 5) is 15.8. The second-order valence-corrected chi connectivity index (χ2v) is 4.66. The zero-order chi connectivity index (χ0) is 11.2. The maximum absolute atomic E-state index is 11.6. The number of rotatable bonds is 4. The number of thioether (sulfide) groups is 1. The summed E-state index contributed by atoms with van der Waals surface area (Å²) in [5.41, 5.74) is 1.01. The summed E-state index contributed by atoms with van der Waals surface area (Å²) < 4.78 is 0. The SMILES string of the molecule is Cl.Cl.O=C(NCCc1ccccn1)C1CSCN1. The van der Waals surface area contributed by atoms with Crippen molar-refractivity contribution < 1.29 is 4.79 Å². The second kappa shape index (κ2) is 9.44. The number of carbonyl (C=O) groups is 1. The van der Waals surface area contributed by atoms with E-state index in [1.807, 2.05) is 18.2 Å². The molecular weight excluding hydrogens is 293 g/mol. The largest absolute Gasteiger partial charge is 0.354 e. The van der Waals surface area contributed by atoms with Crippen molar-refractivity contribution in [3.63, 3.8) is 0 Å². The Morgan fingerprint density at radius 1 is 1.50 bits per heavy atom. The summed E-state index contributed by atoms with van der Waals surface area (Å²) >= 11 is 1.76. The number of amides is 1. The van der Waals surface area contributed by atoms with Crippen molar-refractivity contribution in [1.29, 1.82) is 0 Å². The van der Waals surface area contributed by atoms with E-state index in [9.17, 15) is 4.79 Å². The molecule has 2 rings (SSSR count). The van der Waals surface area contributed by atoms with Crippen LogP contribution < -0.4 is 10.6 Å². The maximum atomic E-state index is 11.6. The molecule has 1 fully saturated rings. The van der Waals surface area contributed by atoms with E-state index in [1.165, 1.54) is 0 Å². The van der Waals surface area contributed by atoms with Gasteiger partial charge in [-0.15, -0.1) is 36.6 Å². The Labute approximate surface area is 124 Å². The highest BCUT2D eigenvalue weighted by Crippen LogP contribution is 2.09. The van der Waals surface area contributed by atoms with Gasteiger partial charge in [-0.3, -0.25) is 15.1 Å². The van der Waals surface area contributed by atoms with Crippen LogP contribution in [0.3, 0.4) is 0 Å². The monoisotopic (exact) mass is 309 g/mol. The number of hydrogen-bond acceptors (Lipinski definition) is 4. The van der Waals surface area contributed by atoms with E-state index in [4.69, 9.17) is 0 Å². The van der Waals surface area contributed by atoms with E-state index < -0.39 is 0 Å². The molecule has 1 atom stereocenters. The summed E-state index contributed by atoms with van der Waals surface area (Å²) in [5, 5.41) is 6.06. The number of carbonyl (C=O) groups excluding carboxylic acids is 1. The molecule has 1 aliphatic heterocycles. The van der Waals surface area contributed by atoms with Gasteiger partial charge in [0.15, 0.2) is 0 Å². The minimum atomic E-state index is -0.0197. The molecule has 1 aromatic heterocycles. The van der Waals surface area contributed by atoms with Crippen LogP contribution >= 0.6 is 36.6 Å². The molecule has 2 N–H and O–H groups in total. The van der Waals surface area contributed by atoms with Gasteiger partial charge in [-0.2, -0.15) is 0 Å². The molecule has 2 heterocycles. The van der Waals surface area contributed by atoms with Gasteiger partial charge in [-0.1, -0.05) is 6.07 Å². The molecule has 1 amide bonds. The average molecular weight is 310 g/mol.